The summed E-state index contributed by atoms with van der Waals surface area (Å²) in [7, 11) is 0. The Labute approximate surface area is 131 Å². The first kappa shape index (κ1) is 15.4. The quantitative estimate of drug-likeness (QED) is 0.704. The van der Waals surface area contributed by atoms with E-state index >= 15 is 0 Å². The number of nitriles is 1. The Morgan fingerprint density at radius 3 is 2.88 bits per heavy atom. The average molecular weight is 305 g/mol. The molecule has 0 aliphatic heterocycles. The molecule has 2 heteroatoms. The van der Waals surface area contributed by atoms with Crippen LogP contribution in [0.3, 0.4) is 0 Å². The van der Waals surface area contributed by atoms with Crippen molar-refractivity contribution in [3.05, 3.63) is 12.2 Å². The molecule has 1 nitrogen and oxygen atoms in total. The topological polar surface area (TPSA) is 23.8 Å². The van der Waals surface area contributed by atoms with Crippen molar-refractivity contribution in [1.82, 2.24) is 0 Å². The van der Waals surface area contributed by atoms with Crippen LogP contribution in [0.25, 0.3) is 0 Å². The molecule has 0 N–H and O–H groups in total. The van der Waals surface area contributed by atoms with Gasteiger partial charge in [0.2, 0.25) is 0 Å². The van der Waals surface area contributed by atoms with E-state index in [1.165, 1.54) is 31.3 Å². The van der Waals surface area contributed by atoms with E-state index in [9.17, 15) is 0 Å². The molecule has 0 spiro atoms. The predicted molar refractivity (Wildman–Crippen MR) is 65.4 cm³/mol. The third kappa shape index (κ3) is 2.69. The SMILES string of the molecule is [CH-]=C1CCC[C@]2(C)[C@@H]([C@H](C)CC#N)CC[C@@H]12.[Y]. The minimum absolute atomic E-state index is 0. The summed E-state index contributed by atoms with van der Waals surface area (Å²) in [6.07, 6.45) is 6.90. The number of rotatable bonds is 2. The normalized spacial score (nSPS) is 37.8. The molecule has 0 unspecified atom stereocenters. The van der Waals surface area contributed by atoms with E-state index in [4.69, 9.17) is 11.8 Å². The summed E-state index contributed by atoms with van der Waals surface area (Å²) in [5.41, 5.74) is 1.62. The number of hydrogen-bond acceptors (Lipinski definition) is 1. The Bertz CT molecular complexity index is 330. The van der Waals surface area contributed by atoms with Gasteiger partial charge in [0, 0.05) is 39.1 Å². The van der Waals surface area contributed by atoms with Crippen LogP contribution in [-0.2, 0) is 32.7 Å². The van der Waals surface area contributed by atoms with Gasteiger partial charge in [0.1, 0.15) is 0 Å². The summed E-state index contributed by atoms with van der Waals surface area (Å²) in [4.78, 5) is 0. The van der Waals surface area contributed by atoms with Crippen LogP contribution in [0.1, 0.15) is 52.4 Å². The zero-order valence-electron chi connectivity index (χ0n) is 11.1. The van der Waals surface area contributed by atoms with Crippen molar-refractivity contribution in [1.29, 1.82) is 5.26 Å². The fourth-order valence-electron chi connectivity index (χ4n) is 4.30. The molecule has 2 aliphatic rings. The number of fused-ring (bicyclic) bond motifs is 1. The van der Waals surface area contributed by atoms with Crippen molar-refractivity contribution >= 4 is 0 Å². The second-order valence-electron chi connectivity index (χ2n) is 6.01. The molecular formula is C15H22NY-. The van der Waals surface area contributed by atoms with Gasteiger partial charge in [0.15, 0.2) is 0 Å². The van der Waals surface area contributed by atoms with Crippen LogP contribution in [0.2, 0.25) is 0 Å². The molecular weight excluding hydrogens is 283 g/mol. The minimum atomic E-state index is 0. The Morgan fingerprint density at radius 2 is 2.24 bits per heavy atom. The molecule has 1 radical (unpaired) electrons. The maximum absolute atomic E-state index is 8.85. The van der Waals surface area contributed by atoms with Crippen molar-refractivity contribution in [3.8, 4) is 6.07 Å². The van der Waals surface area contributed by atoms with Crippen molar-refractivity contribution in [2.45, 2.75) is 52.4 Å². The van der Waals surface area contributed by atoms with E-state index in [0.29, 0.717) is 29.6 Å². The van der Waals surface area contributed by atoms with Gasteiger partial charge in [-0.2, -0.15) is 5.26 Å². The van der Waals surface area contributed by atoms with Crippen LogP contribution in [0.15, 0.2) is 5.57 Å². The molecule has 2 fully saturated rings. The van der Waals surface area contributed by atoms with Crippen LogP contribution >= 0.6 is 0 Å². The van der Waals surface area contributed by atoms with Gasteiger partial charge in [0.05, 0.1) is 6.07 Å². The van der Waals surface area contributed by atoms with Crippen LogP contribution in [0.4, 0.5) is 0 Å². The van der Waals surface area contributed by atoms with E-state index in [1.807, 2.05) is 0 Å². The Morgan fingerprint density at radius 1 is 1.53 bits per heavy atom. The number of allylic oxidation sites excluding steroid dienone is 1. The zero-order valence-corrected chi connectivity index (χ0v) is 13.9. The molecule has 2 rings (SSSR count). The van der Waals surface area contributed by atoms with Crippen LogP contribution in [-0.4, -0.2) is 0 Å². The van der Waals surface area contributed by atoms with Crippen LogP contribution < -0.4 is 0 Å². The maximum Gasteiger partial charge on any atom is 0.0624 e. The number of hydrogen-bond donors (Lipinski definition) is 0. The molecule has 4 atom stereocenters. The van der Waals surface area contributed by atoms with E-state index in [0.717, 1.165) is 6.42 Å². The third-order valence-corrected chi connectivity index (χ3v) is 5.14. The summed E-state index contributed by atoms with van der Waals surface area (Å²) < 4.78 is 0. The fourth-order valence-corrected chi connectivity index (χ4v) is 4.30. The second kappa shape index (κ2) is 5.98. The second-order valence-corrected chi connectivity index (χ2v) is 6.01. The summed E-state index contributed by atoms with van der Waals surface area (Å²) >= 11 is 0. The predicted octanol–water partition coefficient (Wildman–Crippen LogP) is 4.11. The third-order valence-electron chi connectivity index (χ3n) is 5.14. The molecule has 0 aromatic carbocycles. The van der Waals surface area contributed by atoms with Gasteiger partial charge < -0.3 is 6.58 Å². The zero-order chi connectivity index (χ0) is 11.8. The molecule has 0 heterocycles. The monoisotopic (exact) mass is 305 g/mol. The van der Waals surface area contributed by atoms with Gasteiger partial charge in [-0.05, 0) is 42.4 Å². The molecule has 17 heavy (non-hydrogen) atoms. The Kier molecular flexibility index (Phi) is 5.42. The molecule has 0 aromatic rings. The fraction of sp³-hybridized carbons (Fsp3) is 0.800. The summed E-state index contributed by atoms with van der Waals surface area (Å²) in [6.45, 7) is 10.8. The van der Waals surface area contributed by atoms with Gasteiger partial charge in [-0.15, -0.1) is 0 Å². The van der Waals surface area contributed by atoms with Crippen molar-refractivity contribution in [2.75, 3.05) is 0 Å². The molecule has 0 bridgehead atoms. The molecule has 2 saturated carbocycles. The van der Waals surface area contributed by atoms with E-state index in [2.05, 4.69) is 19.9 Å². The van der Waals surface area contributed by atoms with Crippen molar-refractivity contribution in [3.63, 3.8) is 0 Å². The van der Waals surface area contributed by atoms with Gasteiger partial charge in [0.25, 0.3) is 0 Å². The molecule has 2 aliphatic carbocycles. The molecule has 0 aromatic heterocycles. The average Bonchev–Trinajstić information content (AvgIpc) is 2.57. The minimum Gasteiger partial charge on any atom is -0.514 e. The molecule has 0 saturated heterocycles. The first-order valence-electron chi connectivity index (χ1n) is 6.57. The van der Waals surface area contributed by atoms with E-state index in [-0.39, 0.29) is 32.7 Å². The number of nitrogens with zero attached hydrogens (tertiary/aromatic N) is 1. The first-order chi connectivity index (χ1) is 7.59. The largest absolute Gasteiger partial charge is 0.514 e. The summed E-state index contributed by atoms with van der Waals surface area (Å²) in [5, 5.41) is 8.85. The smallest absolute Gasteiger partial charge is 0.0624 e. The first-order valence-corrected chi connectivity index (χ1v) is 6.57. The van der Waals surface area contributed by atoms with E-state index in [1.54, 1.807) is 0 Å². The molecule has 91 valence electrons. The van der Waals surface area contributed by atoms with Gasteiger partial charge in [-0.25, -0.2) is 0 Å². The molecule has 0 amide bonds. The van der Waals surface area contributed by atoms with Gasteiger partial charge in [-0.3, -0.25) is 5.57 Å². The van der Waals surface area contributed by atoms with Crippen molar-refractivity contribution < 1.29 is 32.7 Å². The summed E-state index contributed by atoms with van der Waals surface area (Å²) in [6, 6.07) is 2.33. The summed E-state index contributed by atoms with van der Waals surface area (Å²) in [5.74, 6) is 1.87. The van der Waals surface area contributed by atoms with Gasteiger partial charge in [-0.1, -0.05) is 26.7 Å². The Balaban J connectivity index is 0.00000144. The van der Waals surface area contributed by atoms with E-state index < -0.39 is 0 Å². The van der Waals surface area contributed by atoms with Crippen LogP contribution in [0, 0.1) is 41.1 Å². The maximum atomic E-state index is 8.85. The van der Waals surface area contributed by atoms with Gasteiger partial charge >= 0.3 is 0 Å². The van der Waals surface area contributed by atoms with Crippen molar-refractivity contribution in [2.24, 2.45) is 23.2 Å². The Hall–Kier alpha value is 0.334. The van der Waals surface area contributed by atoms with Crippen LogP contribution in [0.5, 0.6) is 0 Å². The standard InChI is InChI=1S/C15H22N.Y/c1-11-5-4-9-15(3)13(11)6-7-14(15)12(2)8-10-16;/h1,12-14H,4-9H2,2-3H3;/q-1;/t12-,13+,14-,15+;/m1./s1.